The molecule has 0 fully saturated rings. The molecule has 14 heavy (non-hydrogen) atoms. The fourth-order valence-electron chi connectivity index (χ4n) is 0.570. The monoisotopic (exact) mass is 209 g/mol. The molecule has 0 aromatic carbocycles. The molecule has 1 N–H and O–H groups in total. The molecule has 0 unspecified atom stereocenters. The van der Waals surface area contributed by atoms with E-state index in [1.807, 2.05) is 0 Å². The predicted molar refractivity (Wildman–Crippen MR) is 45.5 cm³/mol. The molecular formula is C8H13F2NO3. The van der Waals surface area contributed by atoms with Gasteiger partial charge in [0.05, 0.1) is 12.7 Å². The van der Waals surface area contributed by atoms with E-state index >= 15 is 0 Å². The van der Waals surface area contributed by atoms with E-state index in [4.69, 9.17) is 0 Å². The SMILES string of the molecule is C=CC(C)(C)OC(F)(F)C(=O)NOC. The van der Waals surface area contributed by atoms with Crippen LogP contribution in [0.2, 0.25) is 0 Å². The smallest absolute Gasteiger partial charge is 0.302 e. The van der Waals surface area contributed by atoms with E-state index in [0.717, 1.165) is 7.11 Å². The Balaban J connectivity index is 4.47. The summed E-state index contributed by atoms with van der Waals surface area (Å²) in [6, 6.07) is 0. The van der Waals surface area contributed by atoms with Gasteiger partial charge in [-0.05, 0) is 13.8 Å². The molecule has 0 aliphatic carbocycles. The molecule has 0 heterocycles. The summed E-state index contributed by atoms with van der Waals surface area (Å²) in [5.74, 6) is -1.66. The molecule has 0 saturated carbocycles. The van der Waals surface area contributed by atoms with Crippen molar-refractivity contribution < 1.29 is 23.1 Å². The summed E-state index contributed by atoms with van der Waals surface area (Å²) >= 11 is 0. The lowest BCUT2D eigenvalue weighted by Gasteiger charge is -2.26. The van der Waals surface area contributed by atoms with Crippen molar-refractivity contribution in [3.8, 4) is 0 Å². The van der Waals surface area contributed by atoms with Crippen molar-refractivity contribution in [2.75, 3.05) is 7.11 Å². The highest BCUT2D eigenvalue weighted by Gasteiger charge is 2.44. The molecule has 0 atom stereocenters. The van der Waals surface area contributed by atoms with Gasteiger partial charge in [-0.15, -0.1) is 6.58 Å². The van der Waals surface area contributed by atoms with Gasteiger partial charge >= 0.3 is 12.0 Å². The summed E-state index contributed by atoms with van der Waals surface area (Å²) in [5, 5.41) is 0. The van der Waals surface area contributed by atoms with Gasteiger partial charge in [-0.1, -0.05) is 6.08 Å². The molecule has 6 heteroatoms. The van der Waals surface area contributed by atoms with E-state index in [2.05, 4.69) is 16.2 Å². The van der Waals surface area contributed by atoms with Gasteiger partial charge in [0, 0.05) is 0 Å². The van der Waals surface area contributed by atoms with Crippen LogP contribution < -0.4 is 5.48 Å². The largest absolute Gasteiger partial charge is 0.439 e. The maximum Gasteiger partial charge on any atom is 0.439 e. The Morgan fingerprint density at radius 2 is 2.00 bits per heavy atom. The second-order valence-electron chi connectivity index (χ2n) is 3.06. The number of hydrogen-bond acceptors (Lipinski definition) is 3. The topological polar surface area (TPSA) is 47.6 Å². The molecule has 1 amide bonds. The summed E-state index contributed by atoms with van der Waals surface area (Å²) in [6.07, 6.45) is -2.78. The Labute approximate surface area is 80.8 Å². The molecule has 0 aliphatic rings. The molecule has 82 valence electrons. The molecule has 0 aromatic rings. The van der Waals surface area contributed by atoms with Crippen LogP contribution in [0, 0.1) is 0 Å². The number of carbonyl (C=O) groups is 1. The molecule has 0 rings (SSSR count). The summed E-state index contributed by atoms with van der Waals surface area (Å²) in [6.45, 7) is 6.01. The van der Waals surface area contributed by atoms with Crippen molar-refractivity contribution >= 4 is 5.91 Å². The molecule has 0 bridgehead atoms. The first-order valence-electron chi connectivity index (χ1n) is 3.80. The van der Waals surface area contributed by atoms with Gasteiger partial charge in [-0.3, -0.25) is 9.63 Å². The Kier molecular flexibility index (Phi) is 4.15. The van der Waals surface area contributed by atoms with E-state index in [9.17, 15) is 13.6 Å². The summed E-state index contributed by atoms with van der Waals surface area (Å²) in [7, 11) is 1.05. The summed E-state index contributed by atoms with van der Waals surface area (Å²) < 4.78 is 30.1. The highest BCUT2D eigenvalue weighted by atomic mass is 19.3. The second kappa shape index (κ2) is 4.47. The normalized spacial score (nSPS) is 12.4. The highest BCUT2D eigenvalue weighted by molar-refractivity contribution is 5.80. The lowest BCUT2D eigenvalue weighted by atomic mass is 10.1. The van der Waals surface area contributed by atoms with Crippen LogP contribution in [-0.4, -0.2) is 24.7 Å². The number of amides is 1. The van der Waals surface area contributed by atoms with Gasteiger partial charge in [0.15, 0.2) is 0 Å². The number of halogens is 2. The van der Waals surface area contributed by atoms with E-state index in [1.54, 1.807) is 0 Å². The average Bonchev–Trinajstić information content (AvgIpc) is 2.03. The van der Waals surface area contributed by atoms with Crippen molar-refractivity contribution in [1.82, 2.24) is 5.48 Å². The van der Waals surface area contributed by atoms with Crippen LogP contribution in [0.15, 0.2) is 12.7 Å². The van der Waals surface area contributed by atoms with Crippen LogP contribution in [0.1, 0.15) is 13.8 Å². The second-order valence-corrected chi connectivity index (χ2v) is 3.06. The van der Waals surface area contributed by atoms with Gasteiger partial charge in [0.25, 0.3) is 0 Å². The van der Waals surface area contributed by atoms with E-state index in [-0.39, 0.29) is 0 Å². The minimum absolute atomic E-state index is 1.05. The highest BCUT2D eigenvalue weighted by Crippen LogP contribution is 2.24. The first-order chi connectivity index (χ1) is 6.25. The third-order valence-corrected chi connectivity index (χ3v) is 1.34. The third kappa shape index (κ3) is 3.80. The van der Waals surface area contributed by atoms with Crippen LogP contribution >= 0.6 is 0 Å². The predicted octanol–water partition coefficient (Wildman–Crippen LogP) is 1.24. The van der Waals surface area contributed by atoms with Gasteiger partial charge < -0.3 is 4.74 Å². The number of hydrogen-bond donors (Lipinski definition) is 1. The molecule has 0 aromatic heterocycles. The Hall–Kier alpha value is -1.01. The number of alkyl halides is 2. The lowest BCUT2D eigenvalue weighted by molar-refractivity contribution is -0.266. The molecule has 4 nitrogen and oxygen atoms in total. The Bertz CT molecular complexity index is 229. The van der Waals surface area contributed by atoms with Crippen LogP contribution in [0.25, 0.3) is 0 Å². The fraction of sp³-hybridized carbons (Fsp3) is 0.625. The molecule has 0 spiro atoms. The van der Waals surface area contributed by atoms with Crippen molar-refractivity contribution in [2.45, 2.75) is 25.6 Å². The lowest BCUT2D eigenvalue weighted by Crippen LogP contribution is -2.46. The zero-order valence-corrected chi connectivity index (χ0v) is 8.27. The van der Waals surface area contributed by atoms with Crippen molar-refractivity contribution in [2.24, 2.45) is 0 Å². The molecular weight excluding hydrogens is 196 g/mol. The van der Waals surface area contributed by atoms with Gasteiger partial charge in [0.2, 0.25) is 0 Å². The van der Waals surface area contributed by atoms with Crippen molar-refractivity contribution in [3.63, 3.8) is 0 Å². The van der Waals surface area contributed by atoms with Crippen molar-refractivity contribution in [1.29, 1.82) is 0 Å². The third-order valence-electron chi connectivity index (χ3n) is 1.34. The average molecular weight is 209 g/mol. The minimum Gasteiger partial charge on any atom is -0.302 e. The fourth-order valence-corrected chi connectivity index (χ4v) is 0.570. The maximum absolute atomic E-state index is 12.9. The van der Waals surface area contributed by atoms with Crippen molar-refractivity contribution in [3.05, 3.63) is 12.7 Å². The number of nitrogens with one attached hydrogen (secondary N) is 1. The zero-order valence-electron chi connectivity index (χ0n) is 8.27. The first kappa shape index (κ1) is 13.0. The molecule has 0 aliphatic heterocycles. The number of carbonyl (C=O) groups excluding carboxylic acids is 1. The number of rotatable bonds is 5. The quantitative estimate of drug-likeness (QED) is 0.547. The Morgan fingerprint density at radius 1 is 1.50 bits per heavy atom. The zero-order chi connectivity index (χ0) is 11.4. The summed E-state index contributed by atoms with van der Waals surface area (Å²) in [5.41, 5.74) is 0.187. The molecule has 0 radical (unpaired) electrons. The number of ether oxygens (including phenoxy) is 1. The Morgan fingerprint density at radius 3 is 2.36 bits per heavy atom. The van der Waals surface area contributed by atoms with E-state index < -0.39 is 17.6 Å². The number of hydroxylamine groups is 1. The maximum atomic E-state index is 12.9. The van der Waals surface area contributed by atoms with E-state index in [0.29, 0.717) is 0 Å². The standard InChI is InChI=1S/C8H13F2NO3/c1-5-7(2,3)14-8(9,10)6(12)11-13-4/h5H,1H2,2-4H3,(H,11,12). The molecule has 0 saturated heterocycles. The van der Waals surface area contributed by atoms with Crippen LogP contribution in [-0.2, 0) is 14.4 Å². The van der Waals surface area contributed by atoms with Crippen LogP contribution in [0.3, 0.4) is 0 Å². The summed E-state index contributed by atoms with van der Waals surface area (Å²) in [4.78, 5) is 14.8. The first-order valence-corrected chi connectivity index (χ1v) is 3.80. The van der Waals surface area contributed by atoms with Crippen LogP contribution in [0.5, 0.6) is 0 Å². The van der Waals surface area contributed by atoms with Gasteiger partial charge in [-0.25, -0.2) is 5.48 Å². The van der Waals surface area contributed by atoms with Crippen LogP contribution in [0.4, 0.5) is 8.78 Å². The van der Waals surface area contributed by atoms with E-state index in [1.165, 1.54) is 25.4 Å². The minimum atomic E-state index is -3.95. The van der Waals surface area contributed by atoms with Gasteiger partial charge in [-0.2, -0.15) is 8.78 Å². The van der Waals surface area contributed by atoms with Gasteiger partial charge in [0.1, 0.15) is 0 Å².